The smallest absolute Gasteiger partial charge is 0.254 e. The maximum atomic E-state index is 13.1. The van der Waals surface area contributed by atoms with Gasteiger partial charge in [-0.05, 0) is 75.4 Å². The van der Waals surface area contributed by atoms with E-state index in [1.54, 1.807) is 24.0 Å². The van der Waals surface area contributed by atoms with Crippen LogP contribution in [-0.4, -0.2) is 35.4 Å². The Balaban J connectivity index is 1.66. The number of carbonyl (C=O) groups is 2. The molecule has 1 saturated carbocycles. The molecule has 29 heavy (non-hydrogen) atoms. The van der Waals surface area contributed by atoms with Gasteiger partial charge in [0, 0.05) is 17.8 Å². The molecule has 1 aliphatic carbocycles. The first-order valence-corrected chi connectivity index (χ1v) is 10.5. The van der Waals surface area contributed by atoms with Crippen LogP contribution < -0.4 is 10.1 Å². The van der Waals surface area contributed by atoms with E-state index in [4.69, 9.17) is 4.74 Å². The highest BCUT2D eigenvalue weighted by molar-refractivity contribution is 6.01. The van der Waals surface area contributed by atoms with Crippen LogP contribution >= 0.6 is 0 Å². The Kier molecular flexibility index (Phi) is 7.28. The molecule has 0 spiro atoms. The minimum Gasteiger partial charge on any atom is -0.490 e. The zero-order chi connectivity index (χ0) is 20.6. The average Bonchev–Trinajstić information content (AvgIpc) is 3.25. The maximum absolute atomic E-state index is 13.1. The summed E-state index contributed by atoms with van der Waals surface area (Å²) < 4.78 is 5.98. The van der Waals surface area contributed by atoms with E-state index >= 15 is 0 Å². The fourth-order valence-corrected chi connectivity index (χ4v) is 3.66. The minimum absolute atomic E-state index is 0.144. The van der Waals surface area contributed by atoms with Gasteiger partial charge in [0.1, 0.15) is 11.8 Å². The number of carbonyl (C=O) groups excluding carboxylic acids is 2. The number of para-hydroxylation sites is 1. The topological polar surface area (TPSA) is 58.6 Å². The van der Waals surface area contributed by atoms with Gasteiger partial charge in [-0.1, -0.05) is 25.1 Å². The summed E-state index contributed by atoms with van der Waals surface area (Å²) in [6, 6.07) is 16.0. The van der Waals surface area contributed by atoms with Crippen molar-refractivity contribution in [3.05, 3.63) is 60.2 Å². The van der Waals surface area contributed by atoms with Gasteiger partial charge >= 0.3 is 0 Å². The van der Waals surface area contributed by atoms with Gasteiger partial charge in [-0.2, -0.15) is 0 Å². The molecule has 1 unspecified atom stereocenters. The lowest BCUT2D eigenvalue weighted by atomic mass is 10.1. The van der Waals surface area contributed by atoms with E-state index in [0.717, 1.165) is 30.7 Å². The molecule has 0 radical (unpaired) electrons. The minimum atomic E-state index is -0.572. The number of anilines is 1. The molecule has 2 amide bonds. The summed E-state index contributed by atoms with van der Waals surface area (Å²) in [5.41, 5.74) is 1.29. The molecule has 0 bridgehead atoms. The van der Waals surface area contributed by atoms with Crippen LogP contribution in [0.4, 0.5) is 5.69 Å². The van der Waals surface area contributed by atoms with Gasteiger partial charge in [-0.15, -0.1) is 0 Å². The highest BCUT2D eigenvalue weighted by Crippen LogP contribution is 2.24. The van der Waals surface area contributed by atoms with E-state index in [0.29, 0.717) is 12.1 Å². The van der Waals surface area contributed by atoms with E-state index in [1.807, 2.05) is 49.4 Å². The first-order valence-electron chi connectivity index (χ1n) is 10.5. The molecule has 1 N–H and O–H groups in total. The van der Waals surface area contributed by atoms with Crippen molar-refractivity contribution in [1.29, 1.82) is 0 Å². The van der Waals surface area contributed by atoms with Crippen LogP contribution in [0.15, 0.2) is 54.6 Å². The number of benzene rings is 2. The lowest BCUT2D eigenvalue weighted by molar-refractivity contribution is -0.120. The molecule has 1 atom stereocenters. The van der Waals surface area contributed by atoms with Crippen LogP contribution in [0, 0.1) is 0 Å². The molecule has 1 aliphatic rings. The molecule has 0 aliphatic heterocycles. The number of amides is 2. The van der Waals surface area contributed by atoms with E-state index in [-0.39, 0.29) is 17.9 Å². The highest BCUT2D eigenvalue weighted by Gasteiger charge is 2.26. The van der Waals surface area contributed by atoms with E-state index in [9.17, 15) is 9.59 Å². The third-order valence-corrected chi connectivity index (χ3v) is 5.32. The Labute approximate surface area is 173 Å². The SMILES string of the molecule is CCCN(C(=O)c1ccc(OC2CCCC2)cc1)C(C)C(=O)Nc1ccccc1. The summed E-state index contributed by atoms with van der Waals surface area (Å²) in [5.74, 6) is 0.458. The molecule has 154 valence electrons. The van der Waals surface area contributed by atoms with Gasteiger partial charge in [-0.3, -0.25) is 9.59 Å². The number of rotatable bonds is 8. The van der Waals surface area contributed by atoms with Crippen molar-refractivity contribution in [2.75, 3.05) is 11.9 Å². The monoisotopic (exact) mass is 394 g/mol. The standard InChI is InChI=1S/C24H30N2O3/c1-3-17-26(18(2)23(27)25-20-9-5-4-6-10-20)24(28)19-13-15-22(16-14-19)29-21-11-7-8-12-21/h4-6,9-10,13-16,18,21H,3,7-8,11-12,17H2,1-2H3,(H,25,27). The largest absolute Gasteiger partial charge is 0.490 e. The van der Waals surface area contributed by atoms with Crippen molar-refractivity contribution in [3.63, 3.8) is 0 Å². The van der Waals surface area contributed by atoms with E-state index < -0.39 is 6.04 Å². The van der Waals surface area contributed by atoms with E-state index in [1.165, 1.54) is 12.8 Å². The third kappa shape index (κ3) is 5.59. The lowest BCUT2D eigenvalue weighted by Crippen LogP contribution is -2.46. The molecular formula is C24H30N2O3. The summed E-state index contributed by atoms with van der Waals surface area (Å²) in [5, 5.41) is 2.88. The second kappa shape index (κ2) is 10.1. The van der Waals surface area contributed by atoms with Gasteiger partial charge in [0.15, 0.2) is 0 Å². The molecule has 0 heterocycles. The molecule has 2 aromatic rings. The Bertz CT molecular complexity index is 799. The Morgan fingerprint density at radius 2 is 1.72 bits per heavy atom. The molecule has 0 saturated heterocycles. The molecular weight excluding hydrogens is 364 g/mol. The predicted molar refractivity (Wildman–Crippen MR) is 115 cm³/mol. The van der Waals surface area contributed by atoms with E-state index in [2.05, 4.69) is 5.32 Å². The highest BCUT2D eigenvalue weighted by atomic mass is 16.5. The Hall–Kier alpha value is -2.82. The van der Waals surface area contributed by atoms with Crippen molar-refractivity contribution >= 4 is 17.5 Å². The van der Waals surface area contributed by atoms with Crippen molar-refractivity contribution in [2.24, 2.45) is 0 Å². The molecule has 1 fully saturated rings. The fourth-order valence-electron chi connectivity index (χ4n) is 3.66. The van der Waals surface area contributed by atoms with Crippen LogP contribution in [0.1, 0.15) is 56.3 Å². The lowest BCUT2D eigenvalue weighted by Gasteiger charge is -2.28. The quantitative estimate of drug-likeness (QED) is 0.694. The molecule has 5 nitrogen and oxygen atoms in total. The van der Waals surface area contributed by atoms with Crippen LogP contribution in [0.5, 0.6) is 5.75 Å². The third-order valence-electron chi connectivity index (χ3n) is 5.32. The Morgan fingerprint density at radius 3 is 2.34 bits per heavy atom. The summed E-state index contributed by atoms with van der Waals surface area (Å²) in [6.07, 6.45) is 5.69. The van der Waals surface area contributed by atoms with Gasteiger partial charge in [-0.25, -0.2) is 0 Å². The summed E-state index contributed by atoms with van der Waals surface area (Å²) in [7, 11) is 0. The van der Waals surface area contributed by atoms with Crippen molar-refractivity contribution < 1.29 is 14.3 Å². The number of nitrogens with zero attached hydrogens (tertiary/aromatic N) is 1. The zero-order valence-electron chi connectivity index (χ0n) is 17.3. The molecule has 2 aromatic carbocycles. The second-order valence-electron chi connectivity index (χ2n) is 7.58. The number of ether oxygens (including phenoxy) is 1. The predicted octanol–water partition coefficient (Wildman–Crippen LogP) is 4.89. The maximum Gasteiger partial charge on any atom is 0.254 e. The first-order chi connectivity index (χ1) is 14.1. The van der Waals surface area contributed by atoms with Crippen LogP contribution in [0.25, 0.3) is 0 Å². The second-order valence-corrected chi connectivity index (χ2v) is 7.58. The van der Waals surface area contributed by atoms with Crippen molar-refractivity contribution in [1.82, 2.24) is 4.90 Å². The summed E-state index contributed by atoms with van der Waals surface area (Å²) in [6.45, 7) is 4.28. The zero-order valence-corrected chi connectivity index (χ0v) is 17.3. The average molecular weight is 395 g/mol. The fraction of sp³-hybridized carbons (Fsp3) is 0.417. The molecule has 3 rings (SSSR count). The number of nitrogens with one attached hydrogen (secondary N) is 1. The number of hydrogen-bond donors (Lipinski definition) is 1. The van der Waals surface area contributed by atoms with Crippen LogP contribution in [-0.2, 0) is 4.79 Å². The molecule has 5 heteroatoms. The van der Waals surface area contributed by atoms with Crippen molar-refractivity contribution in [3.8, 4) is 5.75 Å². The van der Waals surface area contributed by atoms with Crippen molar-refractivity contribution in [2.45, 2.75) is 58.1 Å². The first kappa shape index (κ1) is 20.9. The summed E-state index contributed by atoms with van der Waals surface area (Å²) >= 11 is 0. The van der Waals surface area contributed by atoms with Crippen LogP contribution in [0.3, 0.4) is 0 Å². The summed E-state index contributed by atoms with van der Waals surface area (Å²) in [4.78, 5) is 27.4. The van der Waals surface area contributed by atoms with Gasteiger partial charge in [0.2, 0.25) is 5.91 Å². The van der Waals surface area contributed by atoms with Crippen LogP contribution in [0.2, 0.25) is 0 Å². The van der Waals surface area contributed by atoms with Gasteiger partial charge in [0.25, 0.3) is 5.91 Å². The van der Waals surface area contributed by atoms with Gasteiger partial charge < -0.3 is 15.0 Å². The number of hydrogen-bond acceptors (Lipinski definition) is 3. The Morgan fingerprint density at radius 1 is 1.07 bits per heavy atom. The normalized spacial score (nSPS) is 15.0. The molecule has 0 aromatic heterocycles. The van der Waals surface area contributed by atoms with Gasteiger partial charge in [0.05, 0.1) is 6.10 Å².